The van der Waals surface area contributed by atoms with Crippen LogP contribution in [0.15, 0.2) is 18.2 Å². The monoisotopic (exact) mass is 224 g/mol. The highest BCUT2D eigenvalue weighted by Crippen LogP contribution is 2.28. The number of anilines is 2. The number of carbonyl (C=O) groups excluding carboxylic acids is 1. The van der Waals surface area contributed by atoms with Crippen LogP contribution in [0, 0.1) is 5.82 Å². The zero-order chi connectivity index (χ0) is 11.4. The maximum atomic E-state index is 13.5. The molecule has 1 aliphatic rings. The van der Waals surface area contributed by atoms with Crippen molar-refractivity contribution in [2.24, 2.45) is 0 Å². The Labute approximate surface area is 93.0 Å². The lowest BCUT2D eigenvalue weighted by Gasteiger charge is -2.30. The number of nitrogens with zero attached hydrogens (tertiary/aromatic N) is 1. The average molecular weight is 224 g/mol. The summed E-state index contributed by atoms with van der Waals surface area (Å²) in [5.74, 6) is -0.420. The molecule has 1 aromatic carbocycles. The first-order valence-electron chi connectivity index (χ1n) is 5.14. The van der Waals surface area contributed by atoms with Gasteiger partial charge in [-0.1, -0.05) is 6.07 Å². The van der Waals surface area contributed by atoms with E-state index in [1.807, 2.05) is 4.90 Å². The Balaban J connectivity index is 2.30. The lowest BCUT2D eigenvalue weighted by atomic mass is 10.2. The number of morpholine rings is 1. The Morgan fingerprint density at radius 1 is 1.38 bits per heavy atom. The van der Waals surface area contributed by atoms with Crippen LogP contribution in [0.2, 0.25) is 0 Å². The molecule has 1 aliphatic heterocycles. The molecule has 1 amide bonds. The largest absolute Gasteiger partial charge is 0.378 e. The van der Waals surface area contributed by atoms with E-state index in [0.717, 1.165) is 0 Å². The second-order valence-corrected chi connectivity index (χ2v) is 3.50. The zero-order valence-corrected chi connectivity index (χ0v) is 8.78. The van der Waals surface area contributed by atoms with Crippen molar-refractivity contribution < 1.29 is 13.9 Å². The van der Waals surface area contributed by atoms with Gasteiger partial charge in [-0.15, -0.1) is 0 Å². The molecular formula is C11H13FN2O2. The van der Waals surface area contributed by atoms with Crippen molar-refractivity contribution in [3.8, 4) is 0 Å². The maximum absolute atomic E-state index is 13.5. The van der Waals surface area contributed by atoms with Crippen molar-refractivity contribution in [3.05, 3.63) is 24.0 Å². The summed E-state index contributed by atoms with van der Waals surface area (Å²) in [5.41, 5.74) is 0.940. The predicted molar refractivity (Wildman–Crippen MR) is 59.1 cm³/mol. The van der Waals surface area contributed by atoms with Crippen LogP contribution in [-0.4, -0.2) is 32.7 Å². The minimum Gasteiger partial charge on any atom is -0.378 e. The van der Waals surface area contributed by atoms with E-state index in [1.165, 1.54) is 6.07 Å². The standard InChI is InChI=1S/C11H13FN2O2/c12-9-2-1-3-10(11(9)13-8-15)14-4-6-16-7-5-14/h1-3,8H,4-7H2,(H,13,15). The Morgan fingerprint density at radius 3 is 2.81 bits per heavy atom. The average Bonchev–Trinajstić information content (AvgIpc) is 2.33. The van der Waals surface area contributed by atoms with E-state index in [-0.39, 0.29) is 5.69 Å². The zero-order valence-electron chi connectivity index (χ0n) is 8.78. The molecule has 0 aliphatic carbocycles. The van der Waals surface area contributed by atoms with E-state index in [1.54, 1.807) is 12.1 Å². The second kappa shape index (κ2) is 4.94. The number of benzene rings is 1. The minimum absolute atomic E-state index is 0.236. The van der Waals surface area contributed by atoms with Crippen LogP contribution >= 0.6 is 0 Å². The fourth-order valence-electron chi connectivity index (χ4n) is 1.78. The van der Waals surface area contributed by atoms with Crippen molar-refractivity contribution >= 4 is 17.8 Å². The number of rotatable bonds is 3. The van der Waals surface area contributed by atoms with Gasteiger partial charge in [0.05, 0.1) is 18.9 Å². The van der Waals surface area contributed by atoms with Crippen LogP contribution in [0.3, 0.4) is 0 Å². The normalized spacial score (nSPS) is 15.9. The van der Waals surface area contributed by atoms with Crippen LogP contribution in [0.4, 0.5) is 15.8 Å². The van der Waals surface area contributed by atoms with Crippen molar-refractivity contribution in [2.75, 3.05) is 36.5 Å². The molecule has 0 atom stereocenters. The summed E-state index contributed by atoms with van der Waals surface area (Å²) in [6.07, 6.45) is 0.488. The fraction of sp³-hybridized carbons (Fsp3) is 0.364. The molecule has 1 N–H and O–H groups in total. The Morgan fingerprint density at radius 2 is 2.12 bits per heavy atom. The third-order valence-corrected chi connectivity index (χ3v) is 2.55. The molecule has 1 heterocycles. The van der Waals surface area contributed by atoms with Crippen LogP contribution in [0.5, 0.6) is 0 Å². The molecule has 0 unspecified atom stereocenters. The summed E-state index contributed by atoms with van der Waals surface area (Å²) in [7, 11) is 0. The van der Waals surface area contributed by atoms with E-state index in [9.17, 15) is 9.18 Å². The lowest BCUT2D eigenvalue weighted by Crippen LogP contribution is -2.36. The molecule has 86 valence electrons. The maximum Gasteiger partial charge on any atom is 0.211 e. The molecule has 1 saturated heterocycles. The number of para-hydroxylation sites is 1. The number of hydrogen-bond acceptors (Lipinski definition) is 3. The number of ether oxygens (including phenoxy) is 1. The molecule has 4 nitrogen and oxygen atoms in total. The summed E-state index contributed by atoms with van der Waals surface area (Å²) in [6.45, 7) is 2.65. The topological polar surface area (TPSA) is 41.6 Å². The SMILES string of the molecule is O=CNc1c(F)cccc1N1CCOCC1. The molecule has 2 rings (SSSR count). The van der Waals surface area contributed by atoms with Gasteiger partial charge in [0.2, 0.25) is 6.41 Å². The highest BCUT2D eigenvalue weighted by Gasteiger charge is 2.16. The van der Waals surface area contributed by atoms with Gasteiger partial charge in [0.15, 0.2) is 0 Å². The number of amides is 1. The van der Waals surface area contributed by atoms with E-state index in [4.69, 9.17) is 4.74 Å². The van der Waals surface area contributed by atoms with Crippen LogP contribution in [-0.2, 0) is 9.53 Å². The molecule has 1 aromatic rings. The van der Waals surface area contributed by atoms with Crippen molar-refractivity contribution in [3.63, 3.8) is 0 Å². The summed E-state index contributed by atoms with van der Waals surface area (Å²) in [4.78, 5) is 12.4. The number of carbonyl (C=O) groups is 1. The number of hydrogen-bond donors (Lipinski definition) is 1. The first-order chi connectivity index (χ1) is 7.83. The minimum atomic E-state index is -0.420. The van der Waals surface area contributed by atoms with Crippen molar-refractivity contribution in [1.29, 1.82) is 0 Å². The van der Waals surface area contributed by atoms with Crippen LogP contribution in [0.1, 0.15) is 0 Å². The molecule has 0 bridgehead atoms. The number of halogens is 1. The van der Waals surface area contributed by atoms with Gasteiger partial charge in [0, 0.05) is 13.1 Å². The van der Waals surface area contributed by atoms with E-state index in [2.05, 4.69) is 5.32 Å². The lowest BCUT2D eigenvalue weighted by molar-refractivity contribution is -0.105. The molecule has 0 saturated carbocycles. The van der Waals surface area contributed by atoms with Crippen molar-refractivity contribution in [1.82, 2.24) is 0 Å². The molecule has 16 heavy (non-hydrogen) atoms. The summed E-state index contributed by atoms with van der Waals surface area (Å²) < 4.78 is 18.7. The molecule has 5 heteroatoms. The highest BCUT2D eigenvalue weighted by atomic mass is 19.1. The molecule has 0 radical (unpaired) electrons. The first kappa shape index (κ1) is 10.9. The van der Waals surface area contributed by atoms with Gasteiger partial charge in [-0.05, 0) is 12.1 Å². The van der Waals surface area contributed by atoms with Gasteiger partial charge in [0.1, 0.15) is 11.5 Å². The quantitative estimate of drug-likeness (QED) is 0.785. The molecule has 0 aromatic heterocycles. The van der Waals surface area contributed by atoms with Gasteiger partial charge < -0.3 is 15.0 Å². The third-order valence-electron chi connectivity index (χ3n) is 2.55. The van der Waals surface area contributed by atoms with Gasteiger partial charge in [-0.2, -0.15) is 0 Å². The van der Waals surface area contributed by atoms with Gasteiger partial charge in [0.25, 0.3) is 0 Å². The second-order valence-electron chi connectivity index (χ2n) is 3.50. The molecule has 0 spiro atoms. The fourth-order valence-corrected chi connectivity index (χ4v) is 1.78. The smallest absolute Gasteiger partial charge is 0.211 e. The van der Waals surface area contributed by atoms with E-state index >= 15 is 0 Å². The summed E-state index contributed by atoms with van der Waals surface area (Å²) in [6, 6.07) is 4.76. The van der Waals surface area contributed by atoms with Crippen LogP contribution < -0.4 is 10.2 Å². The summed E-state index contributed by atoms with van der Waals surface area (Å²) >= 11 is 0. The third kappa shape index (κ3) is 2.14. The van der Waals surface area contributed by atoms with Gasteiger partial charge in [-0.25, -0.2) is 4.39 Å². The predicted octanol–water partition coefficient (Wildman–Crippen LogP) is 1.23. The Kier molecular flexibility index (Phi) is 3.36. The van der Waals surface area contributed by atoms with Crippen molar-refractivity contribution in [2.45, 2.75) is 0 Å². The van der Waals surface area contributed by atoms with E-state index in [0.29, 0.717) is 38.4 Å². The number of nitrogens with one attached hydrogen (secondary N) is 1. The Bertz CT molecular complexity index is 378. The van der Waals surface area contributed by atoms with E-state index < -0.39 is 5.82 Å². The molecular weight excluding hydrogens is 211 g/mol. The first-order valence-corrected chi connectivity index (χ1v) is 5.14. The molecule has 1 fully saturated rings. The Hall–Kier alpha value is -1.62. The van der Waals surface area contributed by atoms with Gasteiger partial charge >= 0.3 is 0 Å². The van der Waals surface area contributed by atoms with Crippen LogP contribution in [0.25, 0.3) is 0 Å². The summed E-state index contributed by atoms with van der Waals surface area (Å²) in [5, 5.41) is 2.40. The van der Waals surface area contributed by atoms with Gasteiger partial charge in [-0.3, -0.25) is 4.79 Å². The highest BCUT2D eigenvalue weighted by molar-refractivity contribution is 5.81.